The van der Waals surface area contributed by atoms with Crippen molar-refractivity contribution in [1.29, 1.82) is 0 Å². The third-order valence-electron chi connectivity index (χ3n) is 11.4. The summed E-state index contributed by atoms with van der Waals surface area (Å²) >= 11 is 0. The van der Waals surface area contributed by atoms with E-state index in [1.165, 1.54) is 24.8 Å². The van der Waals surface area contributed by atoms with Crippen LogP contribution in [0.25, 0.3) is 33.9 Å². The maximum Gasteiger partial charge on any atom is 0.241 e. The van der Waals surface area contributed by atoms with E-state index in [9.17, 15) is 18.4 Å². The van der Waals surface area contributed by atoms with Gasteiger partial charge in [0.15, 0.2) is 11.6 Å². The Morgan fingerprint density at radius 1 is 0.500 bits per heavy atom. The third kappa shape index (κ3) is 6.79. The van der Waals surface area contributed by atoms with E-state index in [1.54, 1.807) is 68.5 Å². The van der Waals surface area contributed by atoms with Crippen molar-refractivity contribution in [2.24, 2.45) is 0 Å². The number of carbonyl (C=O) groups excluding carboxylic acids is 2. The molecule has 6 aromatic heterocycles. The maximum absolute atomic E-state index is 14.1. The SMILES string of the molecule is Cc1cc(N2C(=O)C(C)(C)c3ccc(-c4cn(-c5ccncc5F)cn4)cc32)ccn1.Cc1ccc(N2C(=O)C(C)(C)c3ccc(-c4cn(-c5ccncc5F)cn4)cc32)cn1. The zero-order valence-corrected chi connectivity index (χ0v) is 34.7. The van der Waals surface area contributed by atoms with Crippen LogP contribution in [0.1, 0.15) is 50.2 Å². The van der Waals surface area contributed by atoms with E-state index in [-0.39, 0.29) is 11.8 Å². The fraction of sp³-hybridized carbons (Fsp3) is 0.167. The quantitative estimate of drug-likeness (QED) is 0.162. The van der Waals surface area contributed by atoms with Gasteiger partial charge in [-0.25, -0.2) is 18.7 Å². The van der Waals surface area contributed by atoms with Gasteiger partial charge in [-0.3, -0.25) is 39.3 Å². The van der Waals surface area contributed by atoms with Crippen LogP contribution in [0.2, 0.25) is 0 Å². The van der Waals surface area contributed by atoms with Gasteiger partial charge in [-0.15, -0.1) is 0 Å². The van der Waals surface area contributed by atoms with Crippen molar-refractivity contribution in [2.75, 3.05) is 9.80 Å². The van der Waals surface area contributed by atoms with Crippen LogP contribution < -0.4 is 9.80 Å². The van der Waals surface area contributed by atoms with E-state index < -0.39 is 22.5 Å². The van der Waals surface area contributed by atoms with E-state index in [4.69, 9.17) is 0 Å². The second kappa shape index (κ2) is 15.1. The Bertz CT molecular complexity index is 3050. The Labute approximate surface area is 356 Å². The second-order valence-electron chi connectivity index (χ2n) is 16.3. The van der Waals surface area contributed by atoms with Gasteiger partial charge >= 0.3 is 0 Å². The zero-order chi connectivity index (χ0) is 43.5. The Kier molecular flexibility index (Phi) is 9.65. The largest absolute Gasteiger partial charge is 0.303 e. The minimum atomic E-state index is -0.654. The Morgan fingerprint density at radius 2 is 1.02 bits per heavy atom. The molecule has 62 heavy (non-hydrogen) atoms. The molecule has 308 valence electrons. The molecule has 10 rings (SSSR count). The molecule has 0 atom stereocenters. The minimum Gasteiger partial charge on any atom is -0.303 e. The zero-order valence-electron chi connectivity index (χ0n) is 34.7. The minimum absolute atomic E-state index is 0.00492. The number of hydrogen-bond acceptors (Lipinski definition) is 8. The lowest BCUT2D eigenvalue weighted by Crippen LogP contribution is -2.33. The van der Waals surface area contributed by atoms with Gasteiger partial charge in [-0.05, 0) is 101 Å². The summed E-state index contributed by atoms with van der Waals surface area (Å²) in [4.78, 5) is 55.1. The smallest absolute Gasteiger partial charge is 0.241 e. The first-order chi connectivity index (χ1) is 29.7. The van der Waals surface area contributed by atoms with Crippen LogP contribution in [-0.2, 0) is 20.4 Å². The fourth-order valence-electron chi connectivity index (χ4n) is 7.95. The normalized spacial score (nSPS) is 14.7. The molecule has 0 radical (unpaired) electrons. The van der Waals surface area contributed by atoms with Crippen LogP contribution in [0.15, 0.2) is 135 Å². The highest BCUT2D eigenvalue weighted by Gasteiger charge is 2.46. The molecule has 12 nitrogen and oxygen atoms in total. The number of aryl methyl sites for hydroxylation is 2. The predicted molar refractivity (Wildman–Crippen MR) is 232 cm³/mol. The van der Waals surface area contributed by atoms with Crippen molar-refractivity contribution in [3.63, 3.8) is 0 Å². The number of nitrogens with zero attached hydrogens (tertiary/aromatic N) is 10. The van der Waals surface area contributed by atoms with Crippen molar-refractivity contribution in [3.05, 3.63) is 169 Å². The van der Waals surface area contributed by atoms with Crippen molar-refractivity contribution in [3.8, 4) is 33.9 Å². The second-order valence-corrected chi connectivity index (χ2v) is 16.3. The van der Waals surface area contributed by atoms with Crippen LogP contribution in [0.4, 0.5) is 31.5 Å². The molecule has 14 heteroatoms. The van der Waals surface area contributed by atoms with Gasteiger partial charge in [0.05, 0.1) is 74.9 Å². The van der Waals surface area contributed by atoms with Crippen LogP contribution in [0.3, 0.4) is 0 Å². The number of pyridine rings is 4. The molecule has 0 fully saturated rings. The number of hydrogen-bond donors (Lipinski definition) is 0. The molecule has 2 amide bonds. The van der Waals surface area contributed by atoms with E-state index in [1.807, 2.05) is 102 Å². The van der Waals surface area contributed by atoms with Gasteiger partial charge in [-0.1, -0.05) is 24.3 Å². The summed E-state index contributed by atoms with van der Waals surface area (Å²) in [5.74, 6) is -0.845. The molecular formula is C48H40F2N10O2. The molecule has 2 aliphatic heterocycles. The lowest BCUT2D eigenvalue weighted by Gasteiger charge is -2.20. The average Bonchev–Trinajstić information content (AvgIpc) is 4.03. The first-order valence-electron chi connectivity index (χ1n) is 19.8. The average molecular weight is 827 g/mol. The number of imidazole rings is 2. The number of aromatic nitrogens is 8. The molecule has 0 saturated heterocycles. The Hall–Kier alpha value is -7.74. The lowest BCUT2D eigenvalue weighted by molar-refractivity contribution is -0.122. The van der Waals surface area contributed by atoms with E-state index >= 15 is 0 Å². The van der Waals surface area contributed by atoms with Gasteiger partial charge in [0.1, 0.15) is 12.7 Å². The summed E-state index contributed by atoms with van der Waals surface area (Å²) < 4.78 is 31.5. The van der Waals surface area contributed by atoms with Gasteiger partial charge in [0.2, 0.25) is 11.8 Å². The maximum atomic E-state index is 14.1. The van der Waals surface area contributed by atoms with Crippen LogP contribution in [0, 0.1) is 25.5 Å². The Morgan fingerprint density at radius 3 is 1.48 bits per heavy atom. The summed E-state index contributed by atoms with van der Waals surface area (Å²) in [6.07, 6.45) is 15.5. The fourth-order valence-corrected chi connectivity index (χ4v) is 7.95. The predicted octanol–water partition coefficient (Wildman–Crippen LogP) is 9.47. The molecule has 0 spiro atoms. The van der Waals surface area contributed by atoms with E-state index in [2.05, 4.69) is 29.9 Å². The van der Waals surface area contributed by atoms with Gasteiger partial charge in [0, 0.05) is 53.5 Å². The number of amides is 2. The van der Waals surface area contributed by atoms with E-state index in [0.29, 0.717) is 22.8 Å². The van der Waals surface area contributed by atoms with Crippen LogP contribution in [-0.4, -0.2) is 50.9 Å². The monoisotopic (exact) mass is 826 g/mol. The molecular weight excluding hydrogens is 787 g/mol. The molecule has 0 unspecified atom stereocenters. The number of carbonyl (C=O) groups is 2. The van der Waals surface area contributed by atoms with Gasteiger partial charge in [-0.2, -0.15) is 0 Å². The third-order valence-corrected chi connectivity index (χ3v) is 11.4. The molecule has 2 aliphatic rings. The summed E-state index contributed by atoms with van der Waals surface area (Å²) in [6, 6.07) is 22.5. The first kappa shape index (κ1) is 39.7. The van der Waals surface area contributed by atoms with Crippen molar-refractivity contribution < 1.29 is 18.4 Å². The van der Waals surface area contributed by atoms with Gasteiger partial charge in [0.25, 0.3) is 0 Å². The molecule has 8 aromatic rings. The molecule has 0 saturated carbocycles. The molecule has 8 heterocycles. The summed E-state index contributed by atoms with van der Waals surface area (Å²) in [7, 11) is 0. The number of fused-ring (bicyclic) bond motifs is 2. The molecule has 0 bridgehead atoms. The molecule has 2 aromatic carbocycles. The van der Waals surface area contributed by atoms with Crippen LogP contribution >= 0.6 is 0 Å². The number of anilines is 4. The first-order valence-corrected chi connectivity index (χ1v) is 19.8. The highest BCUT2D eigenvalue weighted by Crippen LogP contribution is 2.48. The van der Waals surface area contributed by atoms with E-state index in [0.717, 1.165) is 56.4 Å². The topological polar surface area (TPSA) is 128 Å². The number of halogens is 2. The van der Waals surface area contributed by atoms with Crippen LogP contribution in [0.5, 0.6) is 0 Å². The van der Waals surface area contributed by atoms with Crippen molar-refractivity contribution in [1.82, 2.24) is 39.0 Å². The molecule has 0 N–H and O–H groups in total. The number of benzene rings is 2. The summed E-state index contributed by atoms with van der Waals surface area (Å²) in [6.45, 7) is 11.5. The highest BCUT2D eigenvalue weighted by molar-refractivity contribution is 6.14. The Balaban J connectivity index is 0.000000158. The van der Waals surface area contributed by atoms with Crippen molar-refractivity contribution >= 4 is 34.6 Å². The summed E-state index contributed by atoms with van der Waals surface area (Å²) in [5, 5.41) is 0. The van der Waals surface area contributed by atoms with Crippen molar-refractivity contribution in [2.45, 2.75) is 52.4 Å². The summed E-state index contributed by atoms with van der Waals surface area (Å²) in [5.41, 5.74) is 9.25. The highest BCUT2D eigenvalue weighted by atomic mass is 19.1. The lowest BCUT2D eigenvalue weighted by atomic mass is 9.85. The number of rotatable bonds is 6. The standard InChI is InChI=1S/2C24H20FN5O/c1-15-4-6-17(11-27-15)30-22-10-16(5-7-18(22)24(2,3)23(30)31)20-13-29(14-28-20)21-8-9-26-12-19(21)25;1-15-10-17(6-9-27-15)30-22-11-16(4-5-18(22)24(2,3)23(30)31)20-13-29(14-28-20)21-7-8-26-12-19(21)25/h2*4-14H,1-3H3. The molecule has 0 aliphatic carbocycles. The van der Waals surface area contributed by atoms with Gasteiger partial charge < -0.3 is 9.13 Å².